The van der Waals surface area contributed by atoms with Gasteiger partial charge >= 0.3 is 11.9 Å². The van der Waals surface area contributed by atoms with Crippen LogP contribution >= 0.6 is 11.8 Å². The van der Waals surface area contributed by atoms with Gasteiger partial charge in [0.25, 0.3) is 5.91 Å². The second kappa shape index (κ2) is 18.5. The van der Waals surface area contributed by atoms with Gasteiger partial charge in [-0.05, 0) is 122 Å². The molecular weight excluding hydrogens is 689 g/mol. The third-order valence-corrected chi connectivity index (χ3v) is 11.4. The fourth-order valence-electron chi connectivity index (χ4n) is 7.08. The summed E-state index contributed by atoms with van der Waals surface area (Å²) in [6, 6.07) is 23.7. The molecule has 3 N–H and O–H groups in total. The number of hydrogen-bond donors (Lipinski definition) is 3. The minimum Gasteiger partial charge on any atom is -0.465 e. The van der Waals surface area contributed by atoms with Gasteiger partial charge in [0.15, 0.2) is 0 Å². The number of hydrogen-bond acceptors (Lipinski definition) is 9. The first kappa shape index (κ1) is 38.3. The van der Waals surface area contributed by atoms with Crippen molar-refractivity contribution in [1.82, 2.24) is 15.5 Å². The number of rotatable bonds is 17. The molecule has 0 bridgehead atoms. The summed E-state index contributed by atoms with van der Waals surface area (Å²) in [6.45, 7) is 4.56. The Morgan fingerprint density at radius 3 is 2.28 bits per heavy atom. The average molecular weight is 739 g/mol. The van der Waals surface area contributed by atoms with E-state index in [0.717, 1.165) is 92.4 Å². The Bertz CT molecular complexity index is 1790. The molecule has 2 unspecified atom stereocenters. The van der Waals surface area contributed by atoms with Crippen LogP contribution in [0.3, 0.4) is 0 Å². The molecule has 3 aliphatic rings. The summed E-state index contributed by atoms with van der Waals surface area (Å²) in [7, 11) is 1.38. The minimum atomic E-state index is -0.442. The number of carbonyl (C=O) groups excluding carboxylic acids is 4. The van der Waals surface area contributed by atoms with Crippen LogP contribution in [0.15, 0.2) is 83.3 Å². The van der Waals surface area contributed by atoms with Crippen molar-refractivity contribution in [2.75, 3.05) is 38.7 Å². The molecule has 53 heavy (non-hydrogen) atoms. The number of amides is 2. The molecule has 0 aromatic heterocycles. The zero-order valence-electron chi connectivity index (χ0n) is 30.7. The Kier molecular flexibility index (Phi) is 13.4. The van der Waals surface area contributed by atoms with E-state index in [1.165, 1.54) is 12.0 Å². The van der Waals surface area contributed by atoms with Crippen molar-refractivity contribution in [3.63, 3.8) is 0 Å². The van der Waals surface area contributed by atoms with Gasteiger partial charge < -0.3 is 25.4 Å². The van der Waals surface area contributed by atoms with Crippen molar-refractivity contribution in [2.45, 2.75) is 76.3 Å². The first-order chi connectivity index (χ1) is 25.8. The third kappa shape index (κ3) is 10.6. The predicted octanol–water partition coefficient (Wildman–Crippen LogP) is 6.26. The van der Waals surface area contributed by atoms with Crippen LogP contribution in [0.4, 0.5) is 5.69 Å². The highest BCUT2D eigenvalue weighted by Gasteiger charge is 2.42. The van der Waals surface area contributed by atoms with E-state index >= 15 is 0 Å². The molecule has 1 fully saturated rings. The van der Waals surface area contributed by atoms with Crippen LogP contribution in [-0.4, -0.2) is 73.4 Å². The number of nitrogens with one attached hydrogen (secondary N) is 3. The van der Waals surface area contributed by atoms with Crippen LogP contribution in [0.5, 0.6) is 0 Å². The van der Waals surface area contributed by atoms with E-state index in [-0.39, 0.29) is 35.7 Å². The van der Waals surface area contributed by atoms with E-state index in [0.29, 0.717) is 30.3 Å². The second-order valence-corrected chi connectivity index (χ2v) is 15.1. The fraction of sp³-hybridized carbons (Fsp3) is 0.429. The molecule has 2 aliphatic carbocycles. The molecule has 280 valence electrons. The van der Waals surface area contributed by atoms with Crippen LogP contribution in [0.25, 0.3) is 0 Å². The molecule has 0 radical (unpaired) electrons. The molecule has 10 nitrogen and oxygen atoms in total. The van der Waals surface area contributed by atoms with E-state index in [1.807, 2.05) is 60.7 Å². The topological polar surface area (TPSA) is 126 Å². The fourth-order valence-corrected chi connectivity index (χ4v) is 8.62. The highest BCUT2D eigenvalue weighted by molar-refractivity contribution is 8.04. The smallest absolute Gasteiger partial charge is 0.337 e. The Labute approximate surface area is 316 Å². The zero-order chi connectivity index (χ0) is 37.2. The number of allylic oxidation sites excluding steroid dienone is 1. The van der Waals surface area contributed by atoms with Gasteiger partial charge in [-0.2, -0.15) is 0 Å². The zero-order valence-corrected chi connectivity index (χ0v) is 31.5. The summed E-state index contributed by atoms with van der Waals surface area (Å²) < 4.78 is 9.79. The average Bonchev–Trinajstić information content (AvgIpc) is 3.96. The van der Waals surface area contributed by atoms with E-state index in [2.05, 4.69) is 20.9 Å². The van der Waals surface area contributed by atoms with Crippen LogP contribution in [0, 0.1) is 5.92 Å². The Balaban J connectivity index is 1.05. The minimum absolute atomic E-state index is 0.0986. The summed E-state index contributed by atoms with van der Waals surface area (Å²) in [5.74, 6) is -1.31. The molecule has 11 heteroatoms. The number of carbonyl (C=O) groups is 4. The SMILES string of the molecule is CCOC(=O)CNCCN(Cc1cccc(C(=O)NC2SC3=C(CCCC3)C2C(=O)Nc2ccc(CCc3ccc(C(=O)OC)cc3)cc2)c1)C1CC1. The van der Waals surface area contributed by atoms with Crippen LogP contribution in [0.1, 0.15) is 82.9 Å². The van der Waals surface area contributed by atoms with Crippen molar-refractivity contribution in [2.24, 2.45) is 5.92 Å². The quantitative estimate of drug-likeness (QED) is 0.109. The highest BCUT2D eigenvalue weighted by atomic mass is 32.2. The third-order valence-electron chi connectivity index (χ3n) is 10.0. The highest BCUT2D eigenvalue weighted by Crippen LogP contribution is 2.48. The van der Waals surface area contributed by atoms with Crippen LogP contribution in [-0.2, 0) is 38.4 Å². The molecule has 2 atom stereocenters. The summed E-state index contributed by atoms with van der Waals surface area (Å²) >= 11 is 1.63. The van der Waals surface area contributed by atoms with Crippen LogP contribution < -0.4 is 16.0 Å². The van der Waals surface area contributed by atoms with Crippen molar-refractivity contribution < 1.29 is 28.7 Å². The number of aryl methyl sites for hydroxylation is 2. The van der Waals surface area contributed by atoms with Crippen molar-refractivity contribution in [3.8, 4) is 0 Å². The molecule has 6 rings (SSSR count). The predicted molar refractivity (Wildman–Crippen MR) is 207 cm³/mol. The summed E-state index contributed by atoms with van der Waals surface area (Å²) in [5, 5.41) is 9.17. The summed E-state index contributed by atoms with van der Waals surface area (Å²) in [4.78, 5) is 54.7. The molecule has 1 saturated carbocycles. The van der Waals surface area contributed by atoms with Crippen molar-refractivity contribution in [1.29, 1.82) is 0 Å². The molecule has 3 aromatic carbocycles. The molecule has 2 amide bonds. The number of ether oxygens (including phenoxy) is 2. The number of nitrogens with zero attached hydrogens (tertiary/aromatic N) is 1. The lowest BCUT2D eigenvalue weighted by Crippen LogP contribution is -2.42. The molecule has 1 heterocycles. The molecule has 1 aliphatic heterocycles. The van der Waals surface area contributed by atoms with E-state index in [1.54, 1.807) is 30.8 Å². The Morgan fingerprint density at radius 2 is 1.58 bits per heavy atom. The van der Waals surface area contributed by atoms with Gasteiger partial charge in [-0.25, -0.2) is 4.79 Å². The van der Waals surface area contributed by atoms with Crippen molar-refractivity contribution >= 4 is 41.2 Å². The van der Waals surface area contributed by atoms with Gasteiger partial charge in [-0.1, -0.05) is 36.4 Å². The van der Waals surface area contributed by atoms with Crippen LogP contribution in [0.2, 0.25) is 0 Å². The maximum Gasteiger partial charge on any atom is 0.337 e. The molecule has 3 aromatic rings. The Hall–Kier alpha value is -4.45. The molecule has 0 saturated heterocycles. The van der Waals surface area contributed by atoms with E-state index < -0.39 is 5.92 Å². The number of methoxy groups -OCH3 is 1. The number of esters is 2. The summed E-state index contributed by atoms with van der Waals surface area (Å²) in [5.41, 5.74) is 6.33. The van der Waals surface area contributed by atoms with E-state index in [4.69, 9.17) is 9.47 Å². The van der Waals surface area contributed by atoms with Gasteiger partial charge in [0.05, 0.1) is 37.1 Å². The first-order valence-corrected chi connectivity index (χ1v) is 19.6. The lowest BCUT2D eigenvalue weighted by Gasteiger charge is -2.24. The lowest BCUT2D eigenvalue weighted by molar-refractivity contribution is -0.142. The maximum atomic E-state index is 13.9. The number of benzene rings is 3. The Morgan fingerprint density at radius 1 is 0.868 bits per heavy atom. The second-order valence-electron chi connectivity index (χ2n) is 13.9. The number of anilines is 1. The largest absolute Gasteiger partial charge is 0.465 e. The summed E-state index contributed by atoms with van der Waals surface area (Å²) in [6.07, 6.45) is 7.89. The standard InChI is InChI=1S/C42H50N4O6S/c1-3-52-37(47)26-43-23-24-46(34-21-22-34)27-30-7-6-8-32(25-30)39(48)45-41-38(35-9-4-5-10-36(35)53-41)40(49)44-33-19-15-29(16-20-33)12-11-28-13-17-31(18-14-28)42(50)51-2/h6-8,13-20,25,34,38,41,43H,3-5,9-12,21-24,26-27H2,1-2H3,(H,44,49)(H,45,48). The van der Waals surface area contributed by atoms with E-state index in [9.17, 15) is 19.2 Å². The molecule has 0 spiro atoms. The maximum absolute atomic E-state index is 13.9. The van der Waals surface area contributed by atoms with Crippen molar-refractivity contribution in [3.05, 3.63) is 111 Å². The van der Waals surface area contributed by atoms with Gasteiger partial charge in [0, 0.05) is 36.9 Å². The lowest BCUT2D eigenvalue weighted by atomic mass is 9.88. The van der Waals surface area contributed by atoms with Gasteiger partial charge in [0.1, 0.15) is 0 Å². The number of thioether (sulfide) groups is 1. The molecular formula is C42H50N4O6S. The van der Waals surface area contributed by atoms with Gasteiger partial charge in [-0.3, -0.25) is 19.3 Å². The van der Waals surface area contributed by atoms with Gasteiger partial charge in [0.2, 0.25) is 5.91 Å². The monoisotopic (exact) mass is 738 g/mol. The van der Waals surface area contributed by atoms with Gasteiger partial charge in [-0.15, -0.1) is 11.8 Å². The normalized spacial score (nSPS) is 18.0. The first-order valence-electron chi connectivity index (χ1n) is 18.8.